The van der Waals surface area contributed by atoms with E-state index in [1.807, 2.05) is 0 Å². The van der Waals surface area contributed by atoms with Crippen LogP contribution in [0, 0.1) is 5.92 Å². The lowest BCUT2D eigenvalue weighted by Gasteiger charge is -2.12. The summed E-state index contributed by atoms with van der Waals surface area (Å²) in [5.41, 5.74) is 0. The molecule has 1 rings (SSSR count). The third-order valence-electron chi connectivity index (χ3n) is 3.28. The molecule has 0 aromatic carbocycles. The lowest BCUT2D eigenvalue weighted by atomic mass is 10.1. The Hall–Kier alpha value is -0.620. The van der Waals surface area contributed by atoms with Crippen molar-refractivity contribution in [3.63, 3.8) is 0 Å². The van der Waals surface area contributed by atoms with Crippen molar-refractivity contribution in [3.8, 4) is 0 Å². The average molecular weight is 263 g/mol. The van der Waals surface area contributed by atoms with Gasteiger partial charge in [-0.3, -0.25) is 4.79 Å². The average Bonchev–Trinajstić information content (AvgIpc) is 2.77. The minimum absolute atomic E-state index is 0.237. The molecule has 0 spiro atoms. The Labute approximate surface area is 103 Å². The van der Waals surface area contributed by atoms with Gasteiger partial charge in [-0.15, -0.1) is 0 Å². The number of hydrogen-bond donors (Lipinski definition) is 2. The van der Waals surface area contributed by atoms with Crippen molar-refractivity contribution >= 4 is 16.0 Å². The molecule has 0 bridgehead atoms. The fourth-order valence-corrected chi connectivity index (χ4v) is 3.68. The topological polar surface area (TPSA) is 83.5 Å². The van der Waals surface area contributed by atoms with Gasteiger partial charge in [0, 0.05) is 6.54 Å². The number of carboxylic acids is 1. The van der Waals surface area contributed by atoms with Crippen molar-refractivity contribution in [2.45, 2.75) is 50.7 Å². The molecule has 0 saturated heterocycles. The minimum atomic E-state index is -3.18. The van der Waals surface area contributed by atoms with Gasteiger partial charge in [0.1, 0.15) is 0 Å². The predicted octanol–water partition coefficient (Wildman–Crippen LogP) is 1.35. The van der Waals surface area contributed by atoms with Crippen molar-refractivity contribution in [3.05, 3.63) is 0 Å². The molecule has 17 heavy (non-hydrogen) atoms. The van der Waals surface area contributed by atoms with Crippen LogP contribution >= 0.6 is 0 Å². The Bertz CT molecular complexity index is 346. The third kappa shape index (κ3) is 4.63. The molecule has 0 aromatic heterocycles. The van der Waals surface area contributed by atoms with E-state index in [9.17, 15) is 13.2 Å². The summed E-state index contributed by atoms with van der Waals surface area (Å²) >= 11 is 0. The summed E-state index contributed by atoms with van der Waals surface area (Å²) in [6, 6.07) is 0. The van der Waals surface area contributed by atoms with Crippen molar-refractivity contribution < 1.29 is 18.3 Å². The van der Waals surface area contributed by atoms with Gasteiger partial charge in [0.05, 0.1) is 11.2 Å². The summed E-state index contributed by atoms with van der Waals surface area (Å²) in [6.07, 6.45) is 4.55. The number of carbonyl (C=O) groups is 1. The smallest absolute Gasteiger partial charge is 0.306 e. The van der Waals surface area contributed by atoms with Gasteiger partial charge < -0.3 is 5.11 Å². The highest BCUT2D eigenvalue weighted by molar-refractivity contribution is 7.90. The van der Waals surface area contributed by atoms with E-state index in [1.54, 1.807) is 6.92 Å². The largest absolute Gasteiger partial charge is 0.481 e. The normalized spacial score (nSPS) is 19.4. The van der Waals surface area contributed by atoms with Crippen molar-refractivity contribution in [1.29, 1.82) is 0 Å². The molecular formula is C11H21NO4S. The first kappa shape index (κ1) is 14.4. The zero-order chi connectivity index (χ0) is 12.9. The van der Waals surface area contributed by atoms with Gasteiger partial charge in [0.25, 0.3) is 0 Å². The van der Waals surface area contributed by atoms with E-state index < -0.39 is 21.9 Å². The maximum atomic E-state index is 11.8. The first-order valence-corrected chi connectivity index (χ1v) is 7.69. The Morgan fingerprint density at radius 2 is 2.00 bits per heavy atom. The highest BCUT2D eigenvalue weighted by atomic mass is 32.2. The molecule has 5 nitrogen and oxygen atoms in total. The maximum Gasteiger partial charge on any atom is 0.306 e. The minimum Gasteiger partial charge on any atom is -0.481 e. The van der Waals surface area contributed by atoms with Gasteiger partial charge in [-0.05, 0) is 25.7 Å². The van der Waals surface area contributed by atoms with Crippen molar-refractivity contribution in [1.82, 2.24) is 4.72 Å². The molecule has 1 atom stereocenters. The van der Waals surface area contributed by atoms with E-state index in [4.69, 9.17) is 5.11 Å². The van der Waals surface area contributed by atoms with E-state index in [0.717, 1.165) is 25.7 Å². The number of hydrogen-bond acceptors (Lipinski definition) is 3. The molecule has 1 fully saturated rings. The fourth-order valence-electron chi connectivity index (χ4n) is 2.06. The summed E-state index contributed by atoms with van der Waals surface area (Å²) < 4.78 is 26.1. The molecule has 0 radical (unpaired) electrons. The van der Waals surface area contributed by atoms with Crippen LogP contribution in [0.5, 0.6) is 0 Å². The Balaban J connectivity index is 2.23. The van der Waals surface area contributed by atoms with E-state index in [0.29, 0.717) is 19.4 Å². The van der Waals surface area contributed by atoms with Gasteiger partial charge >= 0.3 is 5.97 Å². The summed E-state index contributed by atoms with van der Waals surface area (Å²) in [6.45, 7) is 1.98. The molecule has 0 heterocycles. The third-order valence-corrected chi connectivity index (χ3v) is 5.24. The summed E-state index contributed by atoms with van der Waals surface area (Å²) in [4.78, 5) is 10.6. The number of nitrogens with one attached hydrogen (secondary N) is 1. The van der Waals surface area contributed by atoms with E-state index in [1.165, 1.54) is 0 Å². The van der Waals surface area contributed by atoms with Crippen molar-refractivity contribution in [2.75, 3.05) is 6.54 Å². The summed E-state index contributed by atoms with van der Waals surface area (Å²) in [5, 5.41) is 8.44. The van der Waals surface area contributed by atoms with Gasteiger partial charge in [-0.25, -0.2) is 13.1 Å². The predicted molar refractivity (Wildman–Crippen MR) is 65.2 cm³/mol. The Morgan fingerprint density at radius 3 is 2.53 bits per heavy atom. The molecule has 6 heteroatoms. The first-order chi connectivity index (χ1) is 7.93. The van der Waals surface area contributed by atoms with E-state index in [-0.39, 0.29) is 5.25 Å². The van der Waals surface area contributed by atoms with Crippen LogP contribution in [0.3, 0.4) is 0 Å². The fraction of sp³-hybridized carbons (Fsp3) is 0.909. The zero-order valence-electron chi connectivity index (χ0n) is 10.2. The molecule has 1 unspecified atom stereocenters. The molecule has 1 aliphatic rings. The van der Waals surface area contributed by atoms with Gasteiger partial charge in [-0.2, -0.15) is 0 Å². The lowest BCUT2D eigenvalue weighted by Crippen LogP contribution is -2.33. The van der Waals surface area contributed by atoms with Gasteiger partial charge in [0.15, 0.2) is 0 Å². The number of carboxylic acid groups (broad SMARTS) is 1. The van der Waals surface area contributed by atoms with Crippen LogP contribution < -0.4 is 4.72 Å². The van der Waals surface area contributed by atoms with Crippen LogP contribution in [-0.4, -0.2) is 31.3 Å². The molecule has 100 valence electrons. The van der Waals surface area contributed by atoms with Crippen molar-refractivity contribution in [2.24, 2.45) is 5.92 Å². The van der Waals surface area contributed by atoms with Gasteiger partial charge in [0.2, 0.25) is 10.0 Å². The van der Waals surface area contributed by atoms with Crippen LogP contribution in [-0.2, 0) is 14.8 Å². The Morgan fingerprint density at radius 1 is 1.41 bits per heavy atom. The summed E-state index contributed by atoms with van der Waals surface area (Å²) in [7, 11) is -3.18. The van der Waals surface area contributed by atoms with Crippen LogP contribution in [0.15, 0.2) is 0 Å². The monoisotopic (exact) mass is 263 g/mol. The quantitative estimate of drug-likeness (QED) is 0.679. The van der Waals surface area contributed by atoms with E-state index >= 15 is 0 Å². The second-order valence-corrected chi connectivity index (χ2v) is 6.77. The van der Waals surface area contributed by atoms with Gasteiger partial charge in [-0.1, -0.05) is 19.8 Å². The molecular weight excluding hydrogens is 242 g/mol. The molecule has 2 N–H and O–H groups in total. The highest BCUT2D eigenvalue weighted by Crippen LogP contribution is 2.23. The first-order valence-electron chi connectivity index (χ1n) is 6.15. The standard InChI is InChI=1S/C11H21NO4S/c1-9(11(13)14)5-4-8-12-17(15,16)10-6-2-3-7-10/h9-10,12H,2-8H2,1H3,(H,13,14). The molecule has 0 aliphatic heterocycles. The maximum absolute atomic E-state index is 11.8. The Kier molecular flexibility index (Phi) is 5.39. The molecule has 1 aliphatic carbocycles. The number of sulfonamides is 1. The zero-order valence-corrected chi connectivity index (χ0v) is 11.0. The number of rotatable bonds is 7. The van der Waals surface area contributed by atoms with Crippen LogP contribution in [0.4, 0.5) is 0 Å². The SMILES string of the molecule is CC(CCCNS(=O)(=O)C1CCCC1)C(=O)O. The highest BCUT2D eigenvalue weighted by Gasteiger charge is 2.27. The van der Waals surface area contributed by atoms with Crippen LogP contribution in [0.1, 0.15) is 45.4 Å². The molecule has 1 saturated carbocycles. The van der Waals surface area contributed by atoms with E-state index in [2.05, 4.69) is 4.72 Å². The second-order valence-electron chi connectivity index (χ2n) is 4.73. The second kappa shape index (κ2) is 6.35. The number of aliphatic carboxylic acids is 1. The van der Waals surface area contributed by atoms with Crippen LogP contribution in [0.2, 0.25) is 0 Å². The molecule has 0 amide bonds. The molecule has 0 aromatic rings. The van der Waals surface area contributed by atoms with Crippen LogP contribution in [0.25, 0.3) is 0 Å². The lowest BCUT2D eigenvalue weighted by molar-refractivity contribution is -0.141. The summed E-state index contributed by atoms with van der Waals surface area (Å²) in [5.74, 6) is -1.24.